The van der Waals surface area contributed by atoms with Crippen molar-refractivity contribution in [1.29, 1.82) is 0 Å². The van der Waals surface area contributed by atoms with Crippen LogP contribution in [0.15, 0.2) is 53.1 Å². The lowest BCUT2D eigenvalue weighted by Gasteiger charge is -2.50. The highest BCUT2D eigenvalue weighted by molar-refractivity contribution is 6.00. The summed E-state index contributed by atoms with van der Waals surface area (Å²) in [7, 11) is 0. The number of hydrogen-bond acceptors (Lipinski definition) is 9. The first-order valence-corrected chi connectivity index (χ1v) is 13.4. The number of Topliss-reactive ketones (excluding diaryl/α,β-unsaturated/α-hetero) is 1. The number of esters is 3. The van der Waals surface area contributed by atoms with E-state index < -0.39 is 58.6 Å². The van der Waals surface area contributed by atoms with E-state index in [-0.39, 0.29) is 30.6 Å². The highest BCUT2D eigenvalue weighted by atomic mass is 16.6. The van der Waals surface area contributed by atoms with Crippen LogP contribution in [0.3, 0.4) is 0 Å². The highest BCUT2D eigenvalue weighted by Crippen LogP contribution is 2.63. The second kappa shape index (κ2) is 10.4. The quantitative estimate of drug-likeness (QED) is 0.319. The topological polar surface area (TPSA) is 133 Å². The summed E-state index contributed by atoms with van der Waals surface area (Å²) in [6, 6.07) is 8.24. The second-order valence-corrected chi connectivity index (χ2v) is 11.8. The van der Waals surface area contributed by atoms with Gasteiger partial charge in [0.25, 0.3) is 0 Å². The van der Waals surface area contributed by atoms with Crippen molar-refractivity contribution in [2.24, 2.45) is 16.7 Å². The number of aldehydes is 1. The Hall–Kier alpha value is -3.59. The van der Waals surface area contributed by atoms with Crippen molar-refractivity contribution in [2.75, 3.05) is 0 Å². The van der Waals surface area contributed by atoms with Crippen LogP contribution < -0.4 is 0 Å². The van der Waals surface area contributed by atoms with E-state index in [4.69, 9.17) is 14.2 Å². The van der Waals surface area contributed by atoms with Crippen LogP contribution in [0.25, 0.3) is 0 Å². The smallest absolute Gasteiger partial charge is 0.338 e. The van der Waals surface area contributed by atoms with Crippen molar-refractivity contribution in [2.45, 2.75) is 84.7 Å². The lowest BCUT2D eigenvalue weighted by atomic mass is 9.57. The van der Waals surface area contributed by atoms with Gasteiger partial charge < -0.3 is 19.3 Å². The summed E-state index contributed by atoms with van der Waals surface area (Å²) < 4.78 is 17.9. The van der Waals surface area contributed by atoms with Gasteiger partial charge in [-0.3, -0.25) is 19.2 Å². The Morgan fingerprint density at radius 1 is 1.05 bits per heavy atom. The van der Waals surface area contributed by atoms with Crippen molar-refractivity contribution in [3.63, 3.8) is 0 Å². The molecule has 40 heavy (non-hydrogen) atoms. The molecule has 9 nitrogen and oxygen atoms in total. The summed E-state index contributed by atoms with van der Waals surface area (Å²) in [4.78, 5) is 64.2. The number of rotatable bonds is 6. The third-order valence-corrected chi connectivity index (χ3v) is 9.09. The maximum absolute atomic E-state index is 13.5. The van der Waals surface area contributed by atoms with Crippen molar-refractivity contribution >= 4 is 30.0 Å². The lowest BCUT2D eigenvalue weighted by Crippen LogP contribution is -2.57. The number of allylic oxidation sites excluding steroid dienone is 2. The molecule has 0 aliphatic heterocycles. The van der Waals surface area contributed by atoms with Crippen LogP contribution in [0, 0.1) is 16.7 Å². The van der Waals surface area contributed by atoms with Crippen molar-refractivity contribution in [1.82, 2.24) is 0 Å². The summed E-state index contributed by atoms with van der Waals surface area (Å²) >= 11 is 0. The molecule has 0 unspecified atom stereocenters. The van der Waals surface area contributed by atoms with Crippen LogP contribution in [0.5, 0.6) is 0 Å². The predicted octanol–water partition coefficient (Wildman–Crippen LogP) is 3.68. The van der Waals surface area contributed by atoms with E-state index in [9.17, 15) is 29.1 Å². The summed E-state index contributed by atoms with van der Waals surface area (Å²) in [5, 5.41) is 11.7. The number of fused-ring (bicyclic) bond motifs is 2. The Morgan fingerprint density at radius 2 is 1.68 bits per heavy atom. The molecule has 0 radical (unpaired) electrons. The van der Waals surface area contributed by atoms with Gasteiger partial charge in [-0.1, -0.05) is 31.2 Å². The van der Waals surface area contributed by atoms with E-state index in [1.54, 1.807) is 64.1 Å². The van der Waals surface area contributed by atoms with Crippen molar-refractivity contribution < 1.29 is 43.3 Å². The number of ketones is 1. The lowest BCUT2D eigenvalue weighted by molar-refractivity contribution is -0.187. The van der Waals surface area contributed by atoms with Crippen LogP contribution in [0.4, 0.5) is 0 Å². The number of hydrogen-bond donors (Lipinski definition) is 1. The molecule has 3 aliphatic carbocycles. The minimum atomic E-state index is -1.53. The van der Waals surface area contributed by atoms with Gasteiger partial charge >= 0.3 is 17.9 Å². The Kier molecular flexibility index (Phi) is 7.66. The minimum Gasteiger partial charge on any atom is -0.461 e. The van der Waals surface area contributed by atoms with E-state index in [0.717, 1.165) is 0 Å². The minimum absolute atomic E-state index is 0.0882. The van der Waals surface area contributed by atoms with Crippen molar-refractivity contribution in [3.8, 4) is 0 Å². The van der Waals surface area contributed by atoms with E-state index in [1.165, 1.54) is 13.8 Å². The molecule has 0 spiro atoms. The Labute approximate surface area is 233 Å². The molecule has 1 N–H and O–H groups in total. The van der Waals surface area contributed by atoms with Crippen LogP contribution in [-0.4, -0.2) is 59.0 Å². The van der Waals surface area contributed by atoms with E-state index in [0.29, 0.717) is 23.0 Å². The molecule has 0 heterocycles. The monoisotopic (exact) mass is 552 g/mol. The summed E-state index contributed by atoms with van der Waals surface area (Å²) in [6.45, 7) is 8.99. The maximum Gasteiger partial charge on any atom is 0.338 e. The van der Waals surface area contributed by atoms with Crippen LogP contribution in [0.2, 0.25) is 0 Å². The fourth-order valence-corrected chi connectivity index (χ4v) is 6.99. The average Bonchev–Trinajstić information content (AvgIpc) is 3.09. The predicted molar refractivity (Wildman–Crippen MR) is 143 cm³/mol. The van der Waals surface area contributed by atoms with E-state index >= 15 is 0 Å². The van der Waals surface area contributed by atoms with Gasteiger partial charge in [-0.2, -0.15) is 0 Å². The largest absolute Gasteiger partial charge is 0.461 e. The molecule has 0 saturated heterocycles. The molecule has 6 atom stereocenters. The van der Waals surface area contributed by atoms with Crippen molar-refractivity contribution in [3.05, 3.63) is 58.7 Å². The number of ether oxygens (including phenoxy) is 3. The standard InChI is InChI=1S/C31H36O9/c1-17-23(35)15-31(29(4,5)37)14-22-21(16-32)12-13-24(38-18(2)33)30(22,6)27(39-19(3)34)26(25(17)31)40-28(36)20-10-8-7-9-11-20/h7-12,16,22,24,26-27,37H,13-15H2,1-6H3/t22-,24+,26-,27+,30+,31+/m1/s1. The third-order valence-electron chi connectivity index (χ3n) is 9.09. The third kappa shape index (κ3) is 4.70. The molecular weight excluding hydrogens is 516 g/mol. The molecule has 0 aromatic heterocycles. The molecule has 1 fully saturated rings. The first kappa shape index (κ1) is 29.4. The highest BCUT2D eigenvalue weighted by Gasteiger charge is 2.68. The van der Waals surface area contributed by atoms with Gasteiger partial charge in [0.05, 0.1) is 16.6 Å². The molecular formula is C31H36O9. The Bertz CT molecular complexity index is 1300. The molecule has 4 rings (SSSR count). The normalized spacial score (nSPS) is 31.8. The zero-order chi connectivity index (χ0) is 29.6. The Morgan fingerprint density at radius 3 is 2.23 bits per heavy atom. The van der Waals surface area contributed by atoms with Crippen LogP contribution in [0.1, 0.15) is 71.2 Å². The molecule has 214 valence electrons. The number of carbonyl (C=O) groups excluding carboxylic acids is 5. The van der Waals surface area contributed by atoms with Crippen LogP contribution >= 0.6 is 0 Å². The fourth-order valence-electron chi connectivity index (χ4n) is 6.99. The van der Waals surface area contributed by atoms with Crippen LogP contribution in [-0.2, 0) is 33.4 Å². The summed E-state index contributed by atoms with van der Waals surface area (Å²) in [5.74, 6) is -2.95. The zero-order valence-electron chi connectivity index (χ0n) is 23.7. The molecule has 1 aromatic rings. The Balaban J connectivity index is 2.06. The SMILES string of the molecule is CC(=O)O[C@H]1CC=C(C=O)[C@H]2C[C@]3(C(C)(C)O)CC(=O)C(C)=C3[C@@H](OC(=O)c3ccccc3)[C@H](OC(C)=O)[C@]12C. The number of aliphatic hydroxyl groups is 1. The van der Waals surface area contributed by atoms with E-state index in [2.05, 4.69) is 0 Å². The molecule has 0 amide bonds. The molecule has 3 aliphatic rings. The molecule has 0 bridgehead atoms. The van der Waals surface area contributed by atoms with Gasteiger partial charge in [0.15, 0.2) is 18.0 Å². The van der Waals surface area contributed by atoms with Gasteiger partial charge in [0.1, 0.15) is 12.4 Å². The van der Waals surface area contributed by atoms with Gasteiger partial charge in [-0.05, 0) is 56.0 Å². The first-order valence-electron chi connectivity index (χ1n) is 13.4. The zero-order valence-corrected chi connectivity index (χ0v) is 23.7. The van der Waals surface area contributed by atoms with Gasteiger partial charge in [-0.15, -0.1) is 0 Å². The van der Waals surface area contributed by atoms with E-state index in [1.807, 2.05) is 0 Å². The average molecular weight is 553 g/mol. The van der Waals surface area contributed by atoms with Gasteiger partial charge in [-0.25, -0.2) is 4.79 Å². The van der Waals surface area contributed by atoms with Gasteiger partial charge in [0, 0.05) is 38.0 Å². The molecule has 1 aromatic carbocycles. The second-order valence-electron chi connectivity index (χ2n) is 11.8. The fraction of sp³-hybridized carbons (Fsp3) is 0.516. The number of carbonyl (C=O) groups is 5. The molecule has 1 saturated carbocycles. The summed E-state index contributed by atoms with van der Waals surface area (Å²) in [6.07, 6.45) is -0.923. The summed E-state index contributed by atoms with van der Waals surface area (Å²) in [5.41, 5.74) is -2.82. The molecule has 9 heteroatoms. The van der Waals surface area contributed by atoms with Gasteiger partial charge in [0.2, 0.25) is 0 Å². The first-order chi connectivity index (χ1) is 18.7. The maximum atomic E-state index is 13.5. The number of benzene rings is 1.